The minimum Gasteiger partial charge on any atom is -0.325 e. The van der Waals surface area contributed by atoms with Gasteiger partial charge in [0, 0.05) is 36.1 Å². The van der Waals surface area contributed by atoms with Crippen LogP contribution in [0.5, 0.6) is 0 Å². The van der Waals surface area contributed by atoms with Gasteiger partial charge in [-0.3, -0.25) is 9.78 Å². The van der Waals surface area contributed by atoms with Crippen LogP contribution in [0, 0.1) is 11.8 Å². The summed E-state index contributed by atoms with van der Waals surface area (Å²) in [6, 6.07) is 10.1. The summed E-state index contributed by atoms with van der Waals surface area (Å²) in [5, 5.41) is 2.80. The minimum absolute atomic E-state index is 0.143. The summed E-state index contributed by atoms with van der Waals surface area (Å²) in [6.45, 7) is 5.27. The Hall–Kier alpha value is -1.90. The van der Waals surface area contributed by atoms with Crippen molar-refractivity contribution in [2.75, 3.05) is 24.2 Å². The van der Waals surface area contributed by atoms with E-state index in [4.69, 9.17) is 0 Å². The van der Waals surface area contributed by atoms with Crippen LogP contribution in [0.25, 0.3) is 0 Å². The number of sulfonamides is 1. The van der Waals surface area contributed by atoms with Gasteiger partial charge in [-0.2, -0.15) is 4.31 Å². The van der Waals surface area contributed by atoms with Crippen LogP contribution in [0.4, 0.5) is 5.69 Å². The van der Waals surface area contributed by atoms with Crippen LogP contribution < -0.4 is 5.32 Å². The highest BCUT2D eigenvalue weighted by molar-refractivity contribution is 8.00. The largest absolute Gasteiger partial charge is 0.325 e. The third-order valence-electron chi connectivity index (χ3n) is 4.63. The van der Waals surface area contributed by atoms with E-state index in [1.54, 1.807) is 41.0 Å². The zero-order valence-corrected chi connectivity index (χ0v) is 17.7. The summed E-state index contributed by atoms with van der Waals surface area (Å²) >= 11 is 1.42. The molecule has 1 amide bonds. The molecule has 1 fully saturated rings. The molecule has 150 valence electrons. The number of aromatic nitrogens is 1. The smallest absolute Gasteiger partial charge is 0.243 e. The molecule has 2 heterocycles. The number of benzene rings is 1. The van der Waals surface area contributed by atoms with E-state index in [0.717, 1.165) is 11.3 Å². The molecule has 0 unspecified atom stereocenters. The van der Waals surface area contributed by atoms with Crippen LogP contribution in [0.2, 0.25) is 0 Å². The van der Waals surface area contributed by atoms with Crippen LogP contribution in [0.1, 0.15) is 20.3 Å². The van der Waals surface area contributed by atoms with Gasteiger partial charge in [0.05, 0.1) is 10.6 Å². The quantitative estimate of drug-likeness (QED) is 0.725. The predicted molar refractivity (Wildman–Crippen MR) is 112 cm³/mol. The standard InChI is InChI=1S/C20H25N3O3S2/c1-15-11-16(2)13-23(12-15)28(25,26)19-5-3-17(4-6-19)22-20(24)14-27-18-7-9-21-10-8-18/h3-10,15-16H,11-14H2,1-2H3,(H,22,24)/t15-,16+. The van der Waals surface area contributed by atoms with E-state index in [1.807, 2.05) is 12.1 Å². The Morgan fingerprint density at radius 1 is 1.11 bits per heavy atom. The Kier molecular flexibility index (Phi) is 6.74. The van der Waals surface area contributed by atoms with E-state index in [1.165, 1.54) is 11.8 Å². The maximum absolute atomic E-state index is 12.9. The molecule has 1 N–H and O–H groups in total. The molecule has 1 aliphatic heterocycles. The van der Waals surface area contributed by atoms with Gasteiger partial charge >= 0.3 is 0 Å². The molecule has 3 rings (SSSR count). The molecule has 1 aromatic heterocycles. The molecule has 0 aliphatic carbocycles. The van der Waals surface area contributed by atoms with Crippen molar-refractivity contribution in [3.63, 3.8) is 0 Å². The van der Waals surface area contributed by atoms with Crippen molar-refractivity contribution in [1.82, 2.24) is 9.29 Å². The Morgan fingerprint density at radius 2 is 1.71 bits per heavy atom. The average Bonchev–Trinajstić information content (AvgIpc) is 2.67. The number of carbonyl (C=O) groups excluding carboxylic acids is 1. The van der Waals surface area contributed by atoms with Gasteiger partial charge in [-0.05, 0) is 54.7 Å². The van der Waals surface area contributed by atoms with E-state index >= 15 is 0 Å². The fourth-order valence-corrected chi connectivity index (χ4v) is 5.81. The fourth-order valence-electron chi connectivity index (χ4n) is 3.44. The Bertz CT molecular complexity index is 892. The van der Waals surface area contributed by atoms with Gasteiger partial charge < -0.3 is 5.32 Å². The maximum atomic E-state index is 12.9. The van der Waals surface area contributed by atoms with Crippen molar-refractivity contribution >= 4 is 33.4 Å². The van der Waals surface area contributed by atoms with E-state index in [-0.39, 0.29) is 16.6 Å². The van der Waals surface area contributed by atoms with Crippen LogP contribution in [0.15, 0.2) is 58.6 Å². The van der Waals surface area contributed by atoms with E-state index in [9.17, 15) is 13.2 Å². The first-order valence-electron chi connectivity index (χ1n) is 9.27. The molecule has 1 saturated heterocycles. The lowest BCUT2D eigenvalue weighted by molar-refractivity contribution is -0.113. The van der Waals surface area contributed by atoms with E-state index < -0.39 is 10.0 Å². The Morgan fingerprint density at radius 3 is 2.32 bits per heavy atom. The molecule has 0 saturated carbocycles. The average molecular weight is 420 g/mol. The van der Waals surface area contributed by atoms with Crippen molar-refractivity contribution in [1.29, 1.82) is 0 Å². The van der Waals surface area contributed by atoms with Crippen molar-refractivity contribution in [2.24, 2.45) is 11.8 Å². The predicted octanol–water partition coefficient (Wildman–Crippen LogP) is 3.48. The lowest BCUT2D eigenvalue weighted by Crippen LogP contribution is -2.42. The molecule has 0 radical (unpaired) electrons. The molecule has 8 heteroatoms. The summed E-state index contributed by atoms with van der Waals surface area (Å²) in [5.41, 5.74) is 0.583. The number of nitrogens with one attached hydrogen (secondary N) is 1. The summed E-state index contributed by atoms with van der Waals surface area (Å²) in [4.78, 5) is 17.3. The van der Waals surface area contributed by atoms with Gasteiger partial charge in [0.2, 0.25) is 15.9 Å². The topological polar surface area (TPSA) is 79.4 Å². The molecule has 28 heavy (non-hydrogen) atoms. The molecular formula is C20H25N3O3S2. The van der Waals surface area contributed by atoms with Crippen molar-refractivity contribution < 1.29 is 13.2 Å². The highest BCUT2D eigenvalue weighted by Crippen LogP contribution is 2.27. The molecule has 1 aromatic carbocycles. The summed E-state index contributed by atoms with van der Waals surface area (Å²) in [6.07, 6.45) is 4.42. The van der Waals surface area contributed by atoms with Crippen molar-refractivity contribution in [3.05, 3.63) is 48.8 Å². The van der Waals surface area contributed by atoms with Crippen molar-refractivity contribution in [3.8, 4) is 0 Å². The Labute approximate surface area is 170 Å². The first-order valence-corrected chi connectivity index (χ1v) is 11.7. The summed E-state index contributed by atoms with van der Waals surface area (Å²) < 4.78 is 27.4. The lowest BCUT2D eigenvalue weighted by atomic mass is 9.94. The van der Waals surface area contributed by atoms with Crippen LogP contribution in [-0.4, -0.2) is 42.5 Å². The van der Waals surface area contributed by atoms with Gasteiger partial charge in [-0.1, -0.05) is 13.8 Å². The Balaban J connectivity index is 1.60. The van der Waals surface area contributed by atoms with Crippen LogP contribution in [-0.2, 0) is 14.8 Å². The number of anilines is 1. The maximum Gasteiger partial charge on any atom is 0.243 e. The van der Waals surface area contributed by atoms with Gasteiger partial charge in [-0.15, -0.1) is 11.8 Å². The van der Waals surface area contributed by atoms with Gasteiger partial charge in [-0.25, -0.2) is 8.42 Å². The third-order valence-corrected chi connectivity index (χ3v) is 7.49. The fraction of sp³-hybridized carbons (Fsp3) is 0.400. The number of carbonyl (C=O) groups is 1. The zero-order valence-electron chi connectivity index (χ0n) is 16.0. The molecule has 0 spiro atoms. The van der Waals surface area contributed by atoms with Gasteiger partial charge in [0.25, 0.3) is 0 Å². The summed E-state index contributed by atoms with van der Waals surface area (Å²) in [5.74, 6) is 0.842. The molecular weight excluding hydrogens is 394 g/mol. The van der Waals surface area contributed by atoms with Crippen LogP contribution in [0.3, 0.4) is 0 Å². The second-order valence-corrected chi connectivity index (χ2v) is 10.3. The number of hydrogen-bond acceptors (Lipinski definition) is 5. The van der Waals surface area contributed by atoms with Gasteiger partial charge in [0.15, 0.2) is 0 Å². The number of thioether (sulfide) groups is 1. The zero-order chi connectivity index (χ0) is 20.1. The second kappa shape index (κ2) is 9.07. The van der Waals surface area contributed by atoms with E-state index in [0.29, 0.717) is 30.6 Å². The number of hydrogen-bond donors (Lipinski definition) is 1. The first kappa shape index (κ1) is 20.8. The van der Waals surface area contributed by atoms with Gasteiger partial charge in [0.1, 0.15) is 0 Å². The second-order valence-electron chi connectivity index (χ2n) is 7.31. The van der Waals surface area contributed by atoms with E-state index in [2.05, 4.69) is 24.1 Å². The third kappa shape index (κ3) is 5.33. The first-order chi connectivity index (χ1) is 13.3. The normalized spacial score (nSPS) is 20.6. The summed E-state index contributed by atoms with van der Waals surface area (Å²) in [7, 11) is -3.51. The highest BCUT2D eigenvalue weighted by Gasteiger charge is 2.31. The number of rotatable bonds is 6. The number of pyridine rings is 1. The minimum atomic E-state index is -3.51. The molecule has 2 aromatic rings. The molecule has 6 nitrogen and oxygen atoms in total. The number of amides is 1. The number of piperidine rings is 1. The SMILES string of the molecule is C[C@@H]1C[C@H](C)CN(S(=O)(=O)c2ccc(NC(=O)CSc3ccncc3)cc2)C1. The molecule has 2 atom stereocenters. The van der Waals surface area contributed by atoms with Crippen LogP contribution >= 0.6 is 11.8 Å². The lowest BCUT2D eigenvalue weighted by Gasteiger charge is -2.34. The van der Waals surface area contributed by atoms with Crippen molar-refractivity contribution in [2.45, 2.75) is 30.1 Å². The monoisotopic (exact) mass is 419 g/mol. The molecule has 1 aliphatic rings. The number of nitrogens with zero attached hydrogens (tertiary/aromatic N) is 2. The molecule has 0 bridgehead atoms. The highest BCUT2D eigenvalue weighted by atomic mass is 32.2.